The first-order valence-corrected chi connectivity index (χ1v) is 9.15. The Morgan fingerprint density at radius 3 is 2.52 bits per heavy atom. The van der Waals surface area contributed by atoms with Crippen molar-refractivity contribution in [1.82, 2.24) is 5.32 Å². The lowest BCUT2D eigenvalue weighted by molar-refractivity contribution is 0.941. The van der Waals surface area contributed by atoms with Crippen LogP contribution < -0.4 is 5.32 Å². The lowest BCUT2D eigenvalue weighted by atomic mass is 9.98. The minimum atomic E-state index is 0.882. The first-order chi connectivity index (χ1) is 11.2. The van der Waals surface area contributed by atoms with Gasteiger partial charge in [0.1, 0.15) is 5.84 Å². The van der Waals surface area contributed by atoms with Gasteiger partial charge in [0.15, 0.2) is 0 Å². The standard InChI is InChI=1S/C18H19BrN2.C2H6/c1-13-6-9-17(19)15(12-13)8-7-14-4-2-3-5-16(14)18-20-10-11-21-18;1-2/h2-6,9,12H,7-8,10-11H2,1H3,(H,20,21);1-2H3. The summed E-state index contributed by atoms with van der Waals surface area (Å²) in [5, 5.41) is 3.37. The van der Waals surface area contributed by atoms with Crippen LogP contribution in [-0.2, 0) is 12.8 Å². The average molecular weight is 373 g/mol. The first kappa shape index (κ1) is 17.7. The largest absolute Gasteiger partial charge is 0.368 e. The van der Waals surface area contributed by atoms with E-state index in [1.165, 1.54) is 26.7 Å². The van der Waals surface area contributed by atoms with Crippen LogP contribution in [0.15, 0.2) is 51.9 Å². The average Bonchev–Trinajstić information content (AvgIpc) is 3.12. The number of hydrogen-bond acceptors (Lipinski definition) is 2. The van der Waals surface area contributed by atoms with E-state index in [2.05, 4.69) is 75.6 Å². The Morgan fingerprint density at radius 1 is 1.04 bits per heavy atom. The van der Waals surface area contributed by atoms with Gasteiger partial charge in [0.25, 0.3) is 0 Å². The molecular weight excluding hydrogens is 348 g/mol. The van der Waals surface area contributed by atoms with Crippen molar-refractivity contribution < 1.29 is 0 Å². The van der Waals surface area contributed by atoms with E-state index in [9.17, 15) is 0 Å². The zero-order valence-corrected chi connectivity index (χ0v) is 15.8. The van der Waals surface area contributed by atoms with Crippen LogP contribution in [0.25, 0.3) is 0 Å². The molecule has 2 aromatic rings. The summed E-state index contributed by atoms with van der Waals surface area (Å²) in [5.74, 6) is 1.05. The van der Waals surface area contributed by atoms with Crippen LogP contribution >= 0.6 is 15.9 Å². The lowest BCUT2D eigenvalue weighted by Crippen LogP contribution is -2.21. The first-order valence-electron chi connectivity index (χ1n) is 8.35. The predicted molar refractivity (Wildman–Crippen MR) is 103 cm³/mol. The summed E-state index contributed by atoms with van der Waals surface area (Å²) in [6.07, 6.45) is 2.06. The Balaban J connectivity index is 0.000000924. The van der Waals surface area contributed by atoms with Crippen molar-refractivity contribution >= 4 is 21.8 Å². The molecule has 0 amide bonds. The number of aryl methyl sites for hydroxylation is 3. The molecule has 0 fully saturated rings. The van der Waals surface area contributed by atoms with Crippen molar-refractivity contribution in [2.24, 2.45) is 4.99 Å². The summed E-state index contributed by atoms with van der Waals surface area (Å²) in [6, 6.07) is 15.1. The third-order valence-corrected chi connectivity index (χ3v) is 4.59. The second-order valence-electron chi connectivity index (χ2n) is 5.41. The molecule has 0 bridgehead atoms. The van der Waals surface area contributed by atoms with Crippen LogP contribution in [0.2, 0.25) is 0 Å². The van der Waals surface area contributed by atoms with Gasteiger partial charge in [-0.3, -0.25) is 4.99 Å². The quantitative estimate of drug-likeness (QED) is 0.808. The van der Waals surface area contributed by atoms with Crippen LogP contribution in [0, 0.1) is 6.92 Å². The molecule has 2 nitrogen and oxygen atoms in total. The molecule has 0 radical (unpaired) electrons. The Bertz CT molecular complexity index is 677. The molecule has 23 heavy (non-hydrogen) atoms. The number of halogens is 1. The number of benzene rings is 2. The minimum absolute atomic E-state index is 0.882. The van der Waals surface area contributed by atoms with Crippen molar-refractivity contribution in [3.8, 4) is 0 Å². The van der Waals surface area contributed by atoms with E-state index >= 15 is 0 Å². The third-order valence-electron chi connectivity index (χ3n) is 3.81. The summed E-state index contributed by atoms with van der Waals surface area (Å²) in [5.41, 5.74) is 5.28. The summed E-state index contributed by atoms with van der Waals surface area (Å²) in [7, 11) is 0. The predicted octanol–water partition coefficient (Wildman–Crippen LogP) is 4.92. The van der Waals surface area contributed by atoms with E-state index in [0.29, 0.717) is 0 Å². The van der Waals surface area contributed by atoms with Crippen molar-refractivity contribution in [3.05, 3.63) is 69.2 Å². The number of nitrogens with one attached hydrogen (secondary N) is 1. The molecule has 1 aliphatic rings. The molecule has 3 rings (SSSR count). The summed E-state index contributed by atoms with van der Waals surface area (Å²) < 4.78 is 1.20. The molecule has 0 aromatic heterocycles. The van der Waals surface area contributed by atoms with Gasteiger partial charge in [0.05, 0.1) is 6.54 Å². The molecule has 0 unspecified atom stereocenters. The van der Waals surface area contributed by atoms with E-state index < -0.39 is 0 Å². The van der Waals surface area contributed by atoms with Gasteiger partial charge in [0.2, 0.25) is 0 Å². The van der Waals surface area contributed by atoms with Gasteiger partial charge < -0.3 is 5.32 Å². The molecule has 1 N–H and O–H groups in total. The fourth-order valence-corrected chi connectivity index (χ4v) is 3.16. The number of aliphatic imine (C=N–C) groups is 1. The Kier molecular flexibility index (Phi) is 6.85. The normalized spacial score (nSPS) is 13.0. The van der Waals surface area contributed by atoms with Crippen molar-refractivity contribution in [2.45, 2.75) is 33.6 Å². The van der Waals surface area contributed by atoms with Crippen molar-refractivity contribution in [1.29, 1.82) is 0 Å². The van der Waals surface area contributed by atoms with E-state index in [-0.39, 0.29) is 0 Å². The van der Waals surface area contributed by atoms with E-state index in [4.69, 9.17) is 0 Å². The van der Waals surface area contributed by atoms with E-state index in [0.717, 1.165) is 31.8 Å². The fraction of sp³-hybridized carbons (Fsp3) is 0.350. The highest BCUT2D eigenvalue weighted by molar-refractivity contribution is 9.10. The van der Waals surface area contributed by atoms with E-state index in [1.807, 2.05) is 13.8 Å². The number of hydrogen-bond donors (Lipinski definition) is 1. The van der Waals surface area contributed by atoms with Gasteiger partial charge in [-0.05, 0) is 37.0 Å². The maximum absolute atomic E-state index is 4.55. The SMILES string of the molecule is CC.Cc1ccc(Br)c(CCc2ccccc2C2=NCCN2)c1. The summed E-state index contributed by atoms with van der Waals surface area (Å²) >= 11 is 3.65. The third kappa shape index (κ3) is 4.68. The van der Waals surface area contributed by atoms with Crippen LogP contribution in [0.3, 0.4) is 0 Å². The van der Waals surface area contributed by atoms with Crippen LogP contribution in [0.1, 0.15) is 36.1 Å². The molecule has 0 aliphatic carbocycles. The Labute approximate surface area is 148 Å². The van der Waals surface area contributed by atoms with Crippen LogP contribution in [-0.4, -0.2) is 18.9 Å². The molecule has 1 heterocycles. The van der Waals surface area contributed by atoms with Crippen LogP contribution in [0.5, 0.6) is 0 Å². The monoisotopic (exact) mass is 372 g/mol. The number of rotatable bonds is 4. The summed E-state index contributed by atoms with van der Waals surface area (Å²) in [4.78, 5) is 4.55. The maximum atomic E-state index is 4.55. The highest BCUT2D eigenvalue weighted by atomic mass is 79.9. The Hall–Kier alpha value is -1.61. The van der Waals surface area contributed by atoms with Crippen molar-refractivity contribution in [3.63, 3.8) is 0 Å². The fourth-order valence-electron chi connectivity index (χ4n) is 2.71. The molecule has 0 atom stereocenters. The topological polar surface area (TPSA) is 24.4 Å². The molecule has 0 spiro atoms. The molecule has 3 heteroatoms. The van der Waals surface area contributed by atoms with Gasteiger partial charge in [-0.1, -0.05) is 71.7 Å². The molecule has 122 valence electrons. The van der Waals surface area contributed by atoms with Gasteiger partial charge in [-0.15, -0.1) is 0 Å². The summed E-state index contributed by atoms with van der Waals surface area (Å²) in [6.45, 7) is 7.97. The molecule has 2 aromatic carbocycles. The minimum Gasteiger partial charge on any atom is -0.368 e. The number of nitrogens with zero attached hydrogens (tertiary/aromatic N) is 1. The highest BCUT2D eigenvalue weighted by Crippen LogP contribution is 2.21. The number of amidine groups is 1. The van der Waals surface area contributed by atoms with Crippen LogP contribution in [0.4, 0.5) is 0 Å². The maximum Gasteiger partial charge on any atom is 0.128 e. The van der Waals surface area contributed by atoms with E-state index in [1.54, 1.807) is 0 Å². The molecular formula is C20H25BrN2. The van der Waals surface area contributed by atoms with Gasteiger partial charge in [0, 0.05) is 16.6 Å². The second-order valence-corrected chi connectivity index (χ2v) is 6.26. The smallest absolute Gasteiger partial charge is 0.128 e. The second kappa shape index (κ2) is 8.88. The van der Waals surface area contributed by atoms with Crippen molar-refractivity contribution in [2.75, 3.05) is 13.1 Å². The molecule has 1 aliphatic heterocycles. The lowest BCUT2D eigenvalue weighted by Gasteiger charge is -2.11. The zero-order chi connectivity index (χ0) is 16.7. The Morgan fingerprint density at radius 2 is 1.78 bits per heavy atom. The molecule has 0 saturated carbocycles. The molecule has 0 saturated heterocycles. The van der Waals surface area contributed by atoms with Gasteiger partial charge in [-0.2, -0.15) is 0 Å². The van der Waals surface area contributed by atoms with Gasteiger partial charge >= 0.3 is 0 Å². The van der Waals surface area contributed by atoms with Gasteiger partial charge in [-0.25, -0.2) is 0 Å². The highest BCUT2D eigenvalue weighted by Gasteiger charge is 2.12. The zero-order valence-electron chi connectivity index (χ0n) is 14.2.